The van der Waals surface area contributed by atoms with E-state index in [4.69, 9.17) is 4.74 Å². The molecule has 0 amide bonds. The molecule has 0 saturated heterocycles. The lowest BCUT2D eigenvalue weighted by atomic mass is 9.92. The minimum atomic E-state index is 0.492. The quantitative estimate of drug-likeness (QED) is 0.874. The molecular weight excluding hydrogens is 278 g/mol. The van der Waals surface area contributed by atoms with Gasteiger partial charge < -0.3 is 10.1 Å². The van der Waals surface area contributed by atoms with Crippen LogP contribution in [-0.4, -0.2) is 24.2 Å². The summed E-state index contributed by atoms with van der Waals surface area (Å²) in [4.78, 5) is 0. The highest BCUT2D eigenvalue weighted by Gasteiger charge is 2.23. The van der Waals surface area contributed by atoms with Gasteiger partial charge in [-0.2, -0.15) is 11.8 Å². The van der Waals surface area contributed by atoms with Gasteiger partial charge in [0.1, 0.15) is 5.75 Å². The number of ether oxygens (including phenoxy) is 1. The van der Waals surface area contributed by atoms with Crippen molar-refractivity contribution < 1.29 is 4.74 Å². The second-order valence-corrected chi connectivity index (χ2v) is 7.44. The molecule has 2 aliphatic rings. The Morgan fingerprint density at radius 1 is 1.29 bits per heavy atom. The number of hydrogen-bond donors (Lipinski definition) is 1. The predicted octanol–water partition coefficient (Wildman–Crippen LogP) is 4.34. The zero-order chi connectivity index (χ0) is 14.7. The third-order valence-electron chi connectivity index (χ3n) is 4.97. The first-order valence-electron chi connectivity index (χ1n) is 8.34. The molecule has 1 saturated carbocycles. The molecular formula is C18H27NOS. The van der Waals surface area contributed by atoms with Crippen molar-refractivity contribution in [2.45, 2.75) is 62.8 Å². The van der Waals surface area contributed by atoms with E-state index in [9.17, 15) is 0 Å². The third-order valence-corrected chi connectivity index (χ3v) is 6.11. The zero-order valence-corrected chi connectivity index (χ0v) is 14.0. The predicted molar refractivity (Wildman–Crippen MR) is 91.4 cm³/mol. The third kappa shape index (κ3) is 3.57. The van der Waals surface area contributed by atoms with E-state index in [1.165, 1.54) is 36.8 Å². The molecule has 1 atom stereocenters. The summed E-state index contributed by atoms with van der Waals surface area (Å²) < 4.78 is 5.62. The van der Waals surface area contributed by atoms with E-state index < -0.39 is 0 Å². The lowest BCUT2D eigenvalue weighted by Crippen LogP contribution is -2.36. The molecule has 2 nitrogen and oxygen atoms in total. The maximum atomic E-state index is 5.62. The molecule has 1 aliphatic carbocycles. The minimum Gasteiger partial charge on any atom is -0.493 e. The van der Waals surface area contributed by atoms with E-state index in [0.717, 1.165) is 30.4 Å². The molecule has 1 N–H and O–H groups in total. The summed E-state index contributed by atoms with van der Waals surface area (Å²) in [6, 6.07) is 7.96. The summed E-state index contributed by atoms with van der Waals surface area (Å²) in [5.41, 5.74) is 2.83. The molecule has 1 aromatic carbocycles. The molecule has 0 radical (unpaired) electrons. The molecule has 0 bridgehead atoms. The van der Waals surface area contributed by atoms with Gasteiger partial charge in [0.15, 0.2) is 0 Å². The standard InChI is InChI=1S/C18H27NOS/c1-3-17(19-15-5-7-16(21-2)8-6-15)13-4-9-18-14(12-13)10-11-20-18/h4,9,12,15-17,19H,3,5-8,10-11H2,1-2H3. The largest absolute Gasteiger partial charge is 0.493 e. The number of nitrogens with one attached hydrogen (secondary N) is 1. The zero-order valence-electron chi connectivity index (χ0n) is 13.2. The molecule has 21 heavy (non-hydrogen) atoms. The number of thioether (sulfide) groups is 1. The fourth-order valence-electron chi connectivity index (χ4n) is 3.62. The molecule has 1 aliphatic heterocycles. The topological polar surface area (TPSA) is 21.3 Å². The maximum Gasteiger partial charge on any atom is 0.122 e. The van der Waals surface area contributed by atoms with Crippen LogP contribution in [-0.2, 0) is 6.42 Å². The Labute approximate surface area is 133 Å². The van der Waals surface area contributed by atoms with Gasteiger partial charge in [-0.25, -0.2) is 0 Å². The van der Waals surface area contributed by atoms with Crippen LogP contribution in [0.3, 0.4) is 0 Å². The first-order valence-corrected chi connectivity index (χ1v) is 9.63. The molecule has 0 aromatic heterocycles. The fourth-order valence-corrected chi connectivity index (χ4v) is 4.37. The highest BCUT2D eigenvalue weighted by atomic mass is 32.2. The van der Waals surface area contributed by atoms with Crippen molar-refractivity contribution >= 4 is 11.8 Å². The van der Waals surface area contributed by atoms with Crippen LogP contribution in [0, 0.1) is 0 Å². The first kappa shape index (κ1) is 15.2. The molecule has 1 heterocycles. The van der Waals surface area contributed by atoms with Gasteiger partial charge in [-0.1, -0.05) is 19.1 Å². The molecule has 3 rings (SSSR count). The highest BCUT2D eigenvalue weighted by molar-refractivity contribution is 7.99. The van der Waals surface area contributed by atoms with Crippen LogP contribution >= 0.6 is 11.8 Å². The monoisotopic (exact) mass is 305 g/mol. The van der Waals surface area contributed by atoms with Gasteiger partial charge in [0, 0.05) is 23.8 Å². The van der Waals surface area contributed by atoms with E-state index in [2.05, 4.69) is 36.7 Å². The van der Waals surface area contributed by atoms with Crippen molar-refractivity contribution in [1.29, 1.82) is 0 Å². The van der Waals surface area contributed by atoms with E-state index in [0.29, 0.717) is 12.1 Å². The Hall–Kier alpha value is -0.670. The molecule has 0 spiro atoms. The van der Waals surface area contributed by atoms with E-state index in [1.807, 2.05) is 11.8 Å². The second-order valence-electron chi connectivity index (χ2n) is 6.30. The molecule has 116 valence electrons. The van der Waals surface area contributed by atoms with E-state index in [-0.39, 0.29) is 0 Å². The summed E-state index contributed by atoms with van der Waals surface area (Å²) >= 11 is 2.04. The van der Waals surface area contributed by atoms with Gasteiger partial charge in [0.05, 0.1) is 6.61 Å². The van der Waals surface area contributed by atoms with Crippen LogP contribution < -0.4 is 10.1 Å². The maximum absolute atomic E-state index is 5.62. The van der Waals surface area contributed by atoms with E-state index >= 15 is 0 Å². The SMILES string of the molecule is CCC(NC1CCC(SC)CC1)c1ccc2c(c1)CCO2. The fraction of sp³-hybridized carbons (Fsp3) is 0.667. The summed E-state index contributed by atoms with van der Waals surface area (Å²) in [7, 11) is 0. The number of benzene rings is 1. The van der Waals surface area contributed by atoms with Gasteiger partial charge in [-0.3, -0.25) is 0 Å². The van der Waals surface area contributed by atoms with Gasteiger partial charge >= 0.3 is 0 Å². The van der Waals surface area contributed by atoms with Crippen LogP contribution in [0.5, 0.6) is 5.75 Å². The summed E-state index contributed by atoms with van der Waals surface area (Å²) in [6.45, 7) is 3.14. The summed E-state index contributed by atoms with van der Waals surface area (Å²) in [6.07, 6.45) is 9.87. The first-order chi connectivity index (χ1) is 10.3. The van der Waals surface area contributed by atoms with Gasteiger partial charge in [-0.05, 0) is 55.6 Å². The lowest BCUT2D eigenvalue weighted by molar-refractivity contribution is 0.338. The average molecular weight is 305 g/mol. The van der Waals surface area contributed by atoms with Crippen LogP contribution in [0.2, 0.25) is 0 Å². The van der Waals surface area contributed by atoms with Gasteiger partial charge in [0.25, 0.3) is 0 Å². The van der Waals surface area contributed by atoms with E-state index in [1.54, 1.807) is 0 Å². The lowest BCUT2D eigenvalue weighted by Gasteiger charge is -2.31. The molecule has 1 fully saturated rings. The smallest absolute Gasteiger partial charge is 0.122 e. The minimum absolute atomic E-state index is 0.492. The molecule has 3 heteroatoms. The van der Waals surface area contributed by atoms with Gasteiger partial charge in [0.2, 0.25) is 0 Å². The van der Waals surface area contributed by atoms with Crippen molar-refractivity contribution in [2.24, 2.45) is 0 Å². The van der Waals surface area contributed by atoms with Crippen LogP contribution in [0.15, 0.2) is 18.2 Å². The number of rotatable bonds is 5. The van der Waals surface area contributed by atoms with Crippen molar-refractivity contribution in [2.75, 3.05) is 12.9 Å². The van der Waals surface area contributed by atoms with Crippen molar-refractivity contribution in [1.82, 2.24) is 5.32 Å². The van der Waals surface area contributed by atoms with Crippen LogP contribution in [0.25, 0.3) is 0 Å². The van der Waals surface area contributed by atoms with Crippen molar-refractivity contribution in [3.8, 4) is 5.75 Å². The Balaban J connectivity index is 1.63. The van der Waals surface area contributed by atoms with Gasteiger partial charge in [-0.15, -0.1) is 0 Å². The van der Waals surface area contributed by atoms with Crippen molar-refractivity contribution in [3.63, 3.8) is 0 Å². The molecule has 1 aromatic rings. The average Bonchev–Trinajstić information content (AvgIpc) is 3.00. The van der Waals surface area contributed by atoms with Crippen LogP contribution in [0.4, 0.5) is 0 Å². The molecule has 1 unspecified atom stereocenters. The number of fused-ring (bicyclic) bond motifs is 1. The summed E-state index contributed by atoms with van der Waals surface area (Å²) in [5, 5.41) is 4.80. The normalized spacial score (nSPS) is 26.2. The Kier molecular flexibility index (Phi) is 5.12. The van der Waals surface area contributed by atoms with Crippen molar-refractivity contribution in [3.05, 3.63) is 29.3 Å². The second kappa shape index (κ2) is 7.06. The number of hydrogen-bond acceptors (Lipinski definition) is 3. The van der Waals surface area contributed by atoms with Crippen LogP contribution in [0.1, 0.15) is 56.2 Å². The summed E-state index contributed by atoms with van der Waals surface area (Å²) in [5.74, 6) is 1.09. The Morgan fingerprint density at radius 3 is 2.81 bits per heavy atom. The Bertz CT molecular complexity index is 468. The highest BCUT2D eigenvalue weighted by Crippen LogP contribution is 2.31. The Morgan fingerprint density at radius 2 is 2.10 bits per heavy atom.